The van der Waals surface area contributed by atoms with E-state index >= 15 is 0 Å². The highest BCUT2D eigenvalue weighted by atomic mass is 32.2. The first kappa shape index (κ1) is 20.7. The van der Waals surface area contributed by atoms with E-state index in [1.807, 2.05) is 37.3 Å². The van der Waals surface area contributed by atoms with Crippen molar-refractivity contribution in [3.05, 3.63) is 35.9 Å². The zero-order valence-corrected chi connectivity index (χ0v) is 16.8. The Kier molecular flexibility index (Phi) is 7.44. The van der Waals surface area contributed by atoms with Gasteiger partial charge >= 0.3 is 0 Å². The van der Waals surface area contributed by atoms with Gasteiger partial charge in [-0.25, -0.2) is 0 Å². The molecule has 1 heterocycles. The van der Waals surface area contributed by atoms with Crippen LogP contribution in [0.3, 0.4) is 0 Å². The van der Waals surface area contributed by atoms with Gasteiger partial charge in [-0.3, -0.25) is 14.4 Å². The van der Waals surface area contributed by atoms with E-state index in [4.69, 9.17) is 0 Å². The number of Topliss-reactive ketones (excluding diaryl/α,β-unsaturated/α-hetero) is 1. The number of aryl methyl sites for hydroxylation is 1. The second-order valence-corrected chi connectivity index (χ2v) is 8.58. The highest BCUT2D eigenvalue weighted by molar-refractivity contribution is 8.13. The first-order valence-electron chi connectivity index (χ1n) is 9.43. The molecule has 1 aromatic rings. The van der Waals surface area contributed by atoms with Crippen molar-refractivity contribution in [2.24, 2.45) is 5.41 Å². The van der Waals surface area contributed by atoms with Crippen LogP contribution in [0.1, 0.15) is 52.0 Å². The molecule has 1 saturated heterocycles. The van der Waals surface area contributed by atoms with Crippen molar-refractivity contribution in [2.75, 3.05) is 12.3 Å². The topological polar surface area (TPSA) is 54.5 Å². The van der Waals surface area contributed by atoms with Crippen LogP contribution in [0.5, 0.6) is 0 Å². The summed E-state index contributed by atoms with van der Waals surface area (Å²) in [5.74, 6) is -0.178. The number of ketones is 1. The van der Waals surface area contributed by atoms with Crippen molar-refractivity contribution in [3.63, 3.8) is 0 Å². The van der Waals surface area contributed by atoms with Crippen LogP contribution in [-0.4, -0.2) is 40.0 Å². The van der Waals surface area contributed by atoms with Gasteiger partial charge < -0.3 is 4.90 Å². The van der Waals surface area contributed by atoms with Crippen LogP contribution in [0.15, 0.2) is 30.3 Å². The summed E-state index contributed by atoms with van der Waals surface area (Å²) >= 11 is 1.28. The fraction of sp³-hybridized carbons (Fsp3) is 0.571. The summed E-state index contributed by atoms with van der Waals surface area (Å²) in [6.45, 7) is 5.99. The summed E-state index contributed by atoms with van der Waals surface area (Å²) in [5, 5.41) is 0.0103. The molecule has 0 N–H and O–H groups in total. The van der Waals surface area contributed by atoms with Crippen molar-refractivity contribution in [2.45, 2.75) is 58.9 Å². The minimum Gasteiger partial charge on any atom is -0.325 e. The Labute approximate surface area is 160 Å². The van der Waals surface area contributed by atoms with Crippen LogP contribution in [0.2, 0.25) is 0 Å². The molecule has 2 rings (SSSR count). The van der Waals surface area contributed by atoms with Crippen LogP contribution in [-0.2, 0) is 20.8 Å². The van der Waals surface area contributed by atoms with E-state index < -0.39 is 17.4 Å². The third-order valence-corrected chi connectivity index (χ3v) is 6.17. The van der Waals surface area contributed by atoms with Gasteiger partial charge in [0.1, 0.15) is 6.04 Å². The molecule has 0 spiro atoms. The summed E-state index contributed by atoms with van der Waals surface area (Å²) in [6.07, 6.45) is 3.85. The van der Waals surface area contributed by atoms with Crippen LogP contribution >= 0.6 is 11.8 Å². The minimum absolute atomic E-state index is 0.0103. The number of likely N-dealkylation sites (tertiary alicyclic amines) is 1. The molecule has 1 aliphatic rings. The zero-order chi connectivity index (χ0) is 19.2. The number of hydrogen-bond donors (Lipinski definition) is 0. The lowest BCUT2D eigenvalue weighted by molar-refractivity contribution is -0.152. The van der Waals surface area contributed by atoms with E-state index in [2.05, 4.69) is 0 Å². The number of carbonyl (C=O) groups excluding carboxylic acids is 3. The van der Waals surface area contributed by atoms with Gasteiger partial charge in [0.25, 0.3) is 5.91 Å². The van der Waals surface area contributed by atoms with Crippen LogP contribution in [0.25, 0.3) is 0 Å². The highest BCUT2D eigenvalue weighted by Crippen LogP contribution is 2.27. The Balaban J connectivity index is 1.97. The summed E-state index contributed by atoms with van der Waals surface area (Å²) in [5.41, 5.74) is 0.520. The first-order chi connectivity index (χ1) is 12.4. The Morgan fingerprint density at radius 3 is 2.50 bits per heavy atom. The van der Waals surface area contributed by atoms with Crippen LogP contribution in [0.4, 0.5) is 0 Å². The molecule has 4 nitrogen and oxygen atoms in total. The van der Waals surface area contributed by atoms with Gasteiger partial charge in [-0.05, 0) is 37.7 Å². The molecule has 0 unspecified atom stereocenters. The zero-order valence-electron chi connectivity index (χ0n) is 16.0. The first-order valence-corrected chi connectivity index (χ1v) is 10.4. The molecule has 0 saturated carbocycles. The molecular formula is C21H29NO3S. The summed E-state index contributed by atoms with van der Waals surface area (Å²) < 4.78 is 0. The predicted octanol–water partition coefficient (Wildman–Crippen LogP) is 3.88. The Morgan fingerprint density at radius 1 is 1.15 bits per heavy atom. The maximum Gasteiger partial charge on any atom is 0.291 e. The van der Waals surface area contributed by atoms with E-state index in [1.54, 1.807) is 13.8 Å². The molecule has 1 aromatic carbocycles. The molecule has 1 amide bonds. The van der Waals surface area contributed by atoms with E-state index in [-0.39, 0.29) is 10.9 Å². The second-order valence-electron chi connectivity index (χ2n) is 7.48. The third kappa shape index (κ3) is 5.19. The lowest BCUT2D eigenvalue weighted by Crippen LogP contribution is -2.52. The molecule has 0 aliphatic carbocycles. The van der Waals surface area contributed by atoms with Crippen molar-refractivity contribution < 1.29 is 14.4 Å². The van der Waals surface area contributed by atoms with E-state index in [9.17, 15) is 14.4 Å². The van der Waals surface area contributed by atoms with Gasteiger partial charge in [-0.15, -0.1) is 0 Å². The summed E-state index contributed by atoms with van der Waals surface area (Å²) in [7, 11) is 0. The summed E-state index contributed by atoms with van der Waals surface area (Å²) in [6, 6.07) is 9.59. The monoisotopic (exact) mass is 375 g/mol. The average molecular weight is 376 g/mol. The maximum atomic E-state index is 12.7. The quantitative estimate of drug-likeness (QED) is 0.679. The average Bonchev–Trinajstić information content (AvgIpc) is 2.67. The highest BCUT2D eigenvalue weighted by Gasteiger charge is 2.39. The van der Waals surface area contributed by atoms with Crippen molar-refractivity contribution >= 4 is 28.6 Å². The third-order valence-electron chi connectivity index (χ3n) is 5.21. The fourth-order valence-electron chi connectivity index (χ4n) is 3.01. The molecule has 1 atom stereocenters. The Hall–Kier alpha value is -1.62. The number of carbonyl (C=O) groups is 3. The Bertz CT molecular complexity index is 642. The number of benzene rings is 1. The van der Waals surface area contributed by atoms with Gasteiger partial charge in [-0.2, -0.15) is 0 Å². The van der Waals surface area contributed by atoms with Crippen molar-refractivity contribution in [3.8, 4) is 0 Å². The molecule has 1 fully saturated rings. The van der Waals surface area contributed by atoms with Gasteiger partial charge in [0, 0.05) is 17.7 Å². The van der Waals surface area contributed by atoms with E-state index in [1.165, 1.54) is 22.2 Å². The van der Waals surface area contributed by atoms with E-state index in [0.717, 1.165) is 19.3 Å². The predicted molar refractivity (Wildman–Crippen MR) is 106 cm³/mol. The molecular weight excluding hydrogens is 346 g/mol. The fourth-order valence-corrected chi connectivity index (χ4v) is 3.99. The van der Waals surface area contributed by atoms with Gasteiger partial charge in [0.15, 0.2) is 0 Å². The normalized spacial score (nSPS) is 17.8. The second kappa shape index (κ2) is 9.36. The van der Waals surface area contributed by atoms with Gasteiger partial charge in [-0.1, -0.05) is 62.9 Å². The largest absolute Gasteiger partial charge is 0.325 e. The van der Waals surface area contributed by atoms with E-state index in [0.29, 0.717) is 25.1 Å². The number of piperidine rings is 1. The van der Waals surface area contributed by atoms with Crippen molar-refractivity contribution in [1.29, 1.82) is 0 Å². The van der Waals surface area contributed by atoms with Gasteiger partial charge in [0.2, 0.25) is 10.9 Å². The lowest BCUT2D eigenvalue weighted by Gasteiger charge is -2.35. The smallest absolute Gasteiger partial charge is 0.291 e. The molecule has 5 heteroatoms. The number of amides is 1. The number of nitrogens with zero attached hydrogens (tertiary/aromatic N) is 1. The van der Waals surface area contributed by atoms with Gasteiger partial charge in [0.05, 0.1) is 0 Å². The maximum absolute atomic E-state index is 12.7. The number of rotatable bonds is 7. The molecule has 26 heavy (non-hydrogen) atoms. The van der Waals surface area contributed by atoms with Crippen LogP contribution < -0.4 is 0 Å². The number of thioether (sulfide) groups is 1. The summed E-state index contributed by atoms with van der Waals surface area (Å²) in [4.78, 5) is 39.5. The molecule has 1 aliphatic heterocycles. The lowest BCUT2D eigenvalue weighted by atomic mass is 9.84. The molecule has 0 radical (unpaired) electrons. The molecule has 0 aromatic heterocycles. The molecule has 0 bridgehead atoms. The number of hydrogen-bond acceptors (Lipinski definition) is 4. The van der Waals surface area contributed by atoms with Crippen LogP contribution in [0, 0.1) is 5.41 Å². The Morgan fingerprint density at radius 2 is 1.85 bits per heavy atom. The minimum atomic E-state index is -0.678. The SMILES string of the molecule is CCC(C)(C)C(=O)C(=O)N1CCCC[C@H]1C(=O)SCCc1ccccc1. The standard InChI is InChI=1S/C21H29NO3S/c1-4-21(2,3)18(23)19(24)22-14-9-8-12-17(22)20(25)26-15-13-16-10-6-5-7-11-16/h5-7,10-11,17H,4,8-9,12-15H2,1-3H3/t17-/m0/s1. The molecule has 142 valence electrons. The van der Waals surface area contributed by atoms with Crippen molar-refractivity contribution in [1.82, 2.24) is 4.90 Å².